The third kappa shape index (κ3) is 3.72. The zero-order valence-corrected chi connectivity index (χ0v) is 13.5. The maximum absolute atomic E-state index is 12.1. The second-order valence-corrected chi connectivity index (χ2v) is 5.45. The van der Waals surface area contributed by atoms with Crippen LogP contribution in [0.25, 0.3) is 11.0 Å². The van der Waals surface area contributed by atoms with Crippen molar-refractivity contribution in [3.63, 3.8) is 0 Å². The van der Waals surface area contributed by atoms with Crippen molar-refractivity contribution in [2.45, 2.75) is 13.5 Å². The molecule has 3 aromatic rings. The number of fused-ring (bicyclic) bond motifs is 1. The Kier molecular flexibility index (Phi) is 4.56. The van der Waals surface area contributed by atoms with Gasteiger partial charge in [-0.1, -0.05) is 24.3 Å². The molecule has 0 atom stereocenters. The summed E-state index contributed by atoms with van der Waals surface area (Å²) in [6.07, 6.45) is 1.46. The number of hydrogen-bond donors (Lipinski definition) is 2. The van der Waals surface area contributed by atoms with Crippen LogP contribution in [0.5, 0.6) is 0 Å². The molecule has 0 bridgehead atoms. The van der Waals surface area contributed by atoms with Gasteiger partial charge < -0.3 is 9.67 Å². The molecule has 126 valence electrons. The summed E-state index contributed by atoms with van der Waals surface area (Å²) < 4.78 is 1.82. The fraction of sp³-hybridized carbons (Fsp3) is 0.111. The van der Waals surface area contributed by atoms with Crippen LogP contribution < -0.4 is 5.43 Å². The maximum Gasteiger partial charge on any atom is 0.335 e. The Labute approximate surface area is 143 Å². The molecule has 0 saturated carbocycles. The average molecular weight is 336 g/mol. The molecule has 0 spiro atoms. The predicted molar refractivity (Wildman–Crippen MR) is 93.6 cm³/mol. The number of carboxylic acids is 1. The third-order valence-electron chi connectivity index (χ3n) is 3.71. The zero-order valence-electron chi connectivity index (χ0n) is 13.5. The van der Waals surface area contributed by atoms with Gasteiger partial charge >= 0.3 is 5.97 Å². The number of para-hydroxylation sites is 2. The minimum absolute atomic E-state index is 0.113. The molecular formula is C18H16N4O3. The van der Waals surface area contributed by atoms with E-state index in [-0.39, 0.29) is 18.0 Å². The lowest BCUT2D eigenvalue weighted by molar-refractivity contribution is -0.121. The minimum atomic E-state index is -0.986. The maximum atomic E-state index is 12.1. The highest BCUT2D eigenvalue weighted by molar-refractivity contribution is 5.89. The van der Waals surface area contributed by atoms with Crippen molar-refractivity contribution in [1.82, 2.24) is 15.0 Å². The van der Waals surface area contributed by atoms with E-state index in [1.165, 1.54) is 18.3 Å². The lowest BCUT2D eigenvalue weighted by atomic mass is 10.1. The molecule has 0 aliphatic heterocycles. The van der Waals surface area contributed by atoms with Gasteiger partial charge in [0.15, 0.2) is 0 Å². The minimum Gasteiger partial charge on any atom is -0.478 e. The van der Waals surface area contributed by atoms with Crippen molar-refractivity contribution in [3.05, 3.63) is 65.5 Å². The summed E-state index contributed by atoms with van der Waals surface area (Å²) in [6, 6.07) is 13.8. The topological polar surface area (TPSA) is 96.6 Å². The van der Waals surface area contributed by atoms with Crippen molar-refractivity contribution in [2.24, 2.45) is 5.10 Å². The second kappa shape index (κ2) is 6.96. The molecule has 3 rings (SSSR count). The Morgan fingerprint density at radius 1 is 1.20 bits per heavy atom. The number of hydrogen-bond acceptors (Lipinski definition) is 4. The van der Waals surface area contributed by atoms with Gasteiger partial charge in [-0.15, -0.1) is 0 Å². The van der Waals surface area contributed by atoms with Crippen molar-refractivity contribution >= 4 is 29.1 Å². The lowest BCUT2D eigenvalue weighted by Crippen LogP contribution is -2.23. The van der Waals surface area contributed by atoms with Crippen LogP contribution in [0, 0.1) is 6.92 Å². The van der Waals surface area contributed by atoms with E-state index in [0.717, 1.165) is 16.9 Å². The Morgan fingerprint density at radius 3 is 2.64 bits per heavy atom. The van der Waals surface area contributed by atoms with E-state index in [2.05, 4.69) is 15.5 Å². The summed E-state index contributed by atoms with van der Waals surface area (Å²) in [5, 5.41) is 12.7. The molecule has 7 nitrogen and oxygen atoms in total. The number of imidazole rings is 1. The number of aromatic nitrogens is 2. The van der Waals surface area contributed by atoms with Gasteiger partial charge in [-0.25, -0.2) is 15.2 Å². The SMILES string of the molecule is Cc1nc2ccccc2n1CC(=O)NN=Cc1ccc(C(=O)O)cc1. The lowest BCUT2D eigenvalue weighted by Gasteiger charge is -2.05. The largest absolute Gasteiger partial charge is 0.478 e. The monoisotopic (exact) mass is 336 g/mol. The molecule has 0 fully saturated rings. The summed E-state index contributed by atoms with van der Waals surface area (Å²) in [5.74, 6) is -0.506. The van der Waals surface area contributed by atoms with Gasteiger partial charge in [-0.05, 0) is 36.8 Å². The number of benzene rings is 2. The van der Waals surface area contributed by atoms with Crippen LogP contribution in [0.3, 0.4) is 0 Å². The first-order valence-electron chi connectivity index (χ1n) is 7.62. The third-order valence-corrected chi connectivity index (χ3v) is 3.71. The van der Waals surface area contributed by atoms with Crippen molar-refractivity contribution < 1.29 is 14.7 Å². The standard InChI is InChI=1S/C18H16N4O3/c1-12-20-15-4-2-3-5-16(15)22(12)11-17(23)21-19-10-13-6-8-14(9-7-13)18(24)25/h2-10H,11H2,1H3,(H,21,23)(H,24,25). The molecular weight excluding hydrogens is 320 g/mol. The quantitative estimate of drug-likeness (QED) is 0.551. The number of nitrogens with zero attached hydrogens (tertiary/aromatic N) is 3. The van der Waals surface area contributed by atoms with Crippen LogP contribution in [-0.2, 0) is 11.3 Å². The summed E-state index contributed by atoms with van der Waals surface area (Å²) in [7, 11) is 0. The summed E-state index contributed by atoms with van der Waals surface area (Å²) in [6.45, 7) is 1.96. The van der Waals surface area contributed by atoms with Gasteiger partial charge in [-0.3, -0.25) is 4.79 Å². The molecule has 0 aliphatic rings. The van der Waals surface area contributed by atoms with Gasteiger partial charge in [-0.2, -0.15) is 5.10 Å². The molecule has 1 heterocycles. The smallest absolute Gasteiger partial charge is 0.335 e. The van der Waals surface area contributed by atoms with Crippen LogP contribution >= 0.6 is 0 Å². The first-order valence-corrected chi connectivity index (χ1v) is 7.62. The second-order valence-electron chi connectivity index (χ2n) is 5.45. The van der Waals surface area contributed by atoms with E-state index in [9.17, 15) is 9.59 Å². The fourth-order valence-corrected chi connectivity index (χ4v) is 2.47. The first kappa shape index (κ1) is 16.4. The van der Waals surface area contributed by atoms with Crippen LogP contribution in [-0.4, -0.2) is 32.7 Å². The molecule has 0 unspecified atom stereocenters. The van der Waals surface area contributed by atoms with Crippen LogP contribution in [0.2, 0.25) is 0 Å². The molecule has 25 heavy (non-hydrogen) atoms. The van der Waals surface area contributed by atoms with E-state index in [4.69, 9.17) is 5.11 Å². The fourth-order valence-electron chi connectivity index (χ4n) is 2.47. The average Bonchev–Trinajstić information content (AvgIpc) is 2.91. The molecule has 0 aliphatic carbocycles. The highest BCUT2D eigenvalue weighted by atomic mass is 16.4. The van der Waals surface area contributed by atoms with Gasteiger partial charge in [0.05, 0.1) is 22.8 Å². The number of carbonyl (C=O) groups excluding carboxylic acids is 1. The number of carboxylic acid groups (broad SMARTS) is 1. The number of hydrazone groups is 1. The van der Waals surface area contributed by atoms with E-state index in [0.29, 0.717) is 5.56 Å². The molecule has 1 amide bonds. The summed E-state index contributed by atoms with van der Waals surface area (Å²) in [5.41, 5.74) is 5.09. The summed E-state index contributed by atoms with van der Waals surface area (Å²) in [4.78, 5) is 27.3. The van der Waals surface area contributed by atoms with E-state index < -0.39 is 5.97 Å². The van der Waals surface area contributed by atoms with Crippen LogP contribution in [0.15, 0.2) is 53.6 Å². The predicted octanol–water partition coefficient (Wildman–Crippen LogP) is 2.19. The molecule has 7 heteroatoms. The zero-order chi connectivity index (χ0) is 17.8. The molecule has 2 aromatic carbocycles. The van der Waals surface area contributed by atoms with Crippen molar-refractivity contribution in [2.75, 3.05) is 0 Å². The molecule has 0 radical (unpaired) electrons. The van der Waals surface area contributed by atoms with Gasteiger partial charge in [0.25, 0.3) is 5.91 Å². The highest BCUT2D eigenvalue weighted by Gasteiger charge is 2.10. The Bertz CT molecular complexity index is 958. The van der Waals surface area contributed by atoms with Gasteiger partial charge in [0, 0.05) is 0 Å². The number of rotatable bonds is 5. The number of aromatic carboxylic acids is 1. The molecule has 1 aromatic heterocycles. The highest BCUT2D eigenvalue weighted by Crippen LogP contribution is 2.14. The molecule has 0 saturated heterocycles. The van der Waals surface area contributed by atoms with Gasteiger partial charge in [0.2, 0.25) is 0 Å². The Hall–Kier alpha value is -3.48. The number of nitrogens with one attached hydrogen (secondary N) is 1. The van der Waals surface area contributed by atoms with E-state index in [1.807, 2.05) is 35.8 Å². The Morgan fingerprint density at radius 2 is 1.92 bits per heavy atom. The molecule has 2 N–H and O–H groups in total. The van der Waals surface area contributed by atoms with E-state index in [1.54, 1.807) is 12.1 Å². The van der Waals surface area contributed by atoms with Crippen LogP contribution in [0.4, 0.5) is 0 Å². The van der Waals surface area contributed by atoms with Crippen molar-refractivity contribution in [1.29, 1.82) is 0 Å². The van der Waals surface area contributed by atoms with Crippen LogP contribution in [0.1, 0.15) is 21.7 Å². The van der Waals surface area contributed by atoms with E-state index >= 15 is 0 Å². The number of carbonyl (C=O) groups is 2. The normalized spacial score (nSPS) is 11.1. The van der Waals surface area contributed by atoms with Gasteiger partial charge in [0.1, 0.15) is 12.4 Å². The number of aryl methyl sites for hydroxylation is 1. The Balaban J connectivity index is 1.64. The summed E-state index contributed by atoms with van der Waals surface area (Å²) >= 11 is 0. The number of amides is 1. The van der Waals surface area contributed by atoms with Crippen molar-refractivity contribution in [3.8, 4) is 0 Å². The first-order chi connectivity index (χ1) is 12.0.